The Bertz CT molecular complexity index is 814. The van der Waals surface area contributed by atoms with Gasteiger partial charge < -0.3 is 9.47 Å². The van der Waals surface area contributed by atoms with Gasteiger partial charge in [0.1, 0.15) is 0 Å². The number of halogens is 1. The van der Waals surface area contributed by atoms with Crippen molar-refractivity contribution in [3.63, 3.8) is 0 Å². The second-order valence-corrected chi connectivity index (χ2v) is 6.70. The van der Waals surface area contributed by atoms with Crippen LogP contribution in [0.3, 0.4) is 0 Å². The molecule has 142 valence electrons. The lowest BCUT2D eigenvalue weighted by molar-refractivity contribution is 0.309. The number of hydrogen-bond acceptors (Lipinski definition) is 2. The van der Waals surface area contributed by atoms with Crippen LogP contribution in [-0.2, 0) is 19.5 Å². The van der Waals surface area contributed by atoms with Gasteiger partial charge in [0.15, 0.2) is 0 Å². The molecule has 0 aliphatic carbocycles. The quantitative estimate of drug-likeness (QED) is 0.521. The molecule has 26 heavy (non-hydrogen) atoms. The Morgan fingerprint density at radius 3 is 2.81 bits per heavy atom. The first kappa shape index (κ1) is 22.2. The van der Waals surface area contributed by atoms with Crippen LogP contribution in [-0.4, -0.2) is 36.3 Å². The van der Waals surface area contributed by atoms with E-state index in [9.17, 15) is 0 Å². The molecule has 1 aliphatic rings. The summed E-state index contributed by atoms with van der Waals surface area (Å²) in [5.41, 5.74) is 6.96. The molecule has 0 fully saturated rings. The minimum absolute atomic E-state index is 0. The van der Waals surface area contributed by atoms with E-state index in [-0.39, 0.29) is 19.8 Å². The van der Waals surface area contributed by atoms with Crippen molar-refractivity contribution in [1.82, 2.24) is 9.47 Å². The summed E-state index contributed by atoms with van der Waals surface area (Å²) < 4.78 is 2.53. The SMILES string of the molecule is C.C=C/C=C(\C=NC)CCn1c2c(c3cc(C)ccc31)CN(C)CC2.Cl. The smallest absolute Gasteiger partial charge is 0.0486 e. The Kier molecular flexibility index (Phi) is 8.32. The molecule has 0 amide bonds. The number of rotatable bonds is 5. The molecular formula is C22H32ClN3. The fourth-order valence-electron chi connectivity index (χ4n) is 3.70. The van der Waals surface area contributed by atoms with Crippen LogP contribution in [0.25, 0.3) is 10.9 Å². The van der Waals surface area contributed by atoms with Gasteiger partial charge in [0.25, 0.3) is 0 Å². The van der Waals surface area contributed by atoms with E-state index in [4.69, 9.17) is 0 Å². The van der Waals surface area contributed by atoms with E-state index in [0.29, 0.717) is 0 Å². The molecule has 1 aliphatic heterocycles. The number of nitrogens with zero attached hydrogens (tertiary/aromatic N) is 3. The second kappa shape index (κ2) is 9.75. The maximum Gasteiger partial charge on any atom is 0.0486 e. The third-order valence-corrected chi connectivity index (χ3v) is 4.85. The molecule has 4 heteroatoms. The van der Waals surface area contributed by atoms with Crippen molar-refractivity contribution < 1.29 is 0 Å². The van der Waals surface area contributed by atoms with E-state index in [1.807, 2.05) is 19.3 Å². The van der Waals surface area contributed by atoms with Crippen molar-refractivity contribution >= 4 is 29.5 Å². The van der Waals surface area contributed by atoms with Crippen LogP contribution in [0.4, 0.5) is 0 Å². The van der Waals surface area contributed by atoms with E-state index in [1.165, 1.54) is 33.3 Å². The Balaban J connectivity index is 0.00000169. The van der Waals surface area contributed by atoms with E-state index in [2.05, 4.69) is 59.3 Å². The fourth-order valence-corrected chi connectivity index (χ4v) is 3.70. The van der Waals surface area contributed by atoms with Crippen LogP contribution >= 0.6 is 12.4 Å². The lowest BCUT2D eigenvalue weighted by Gasteiger charge is -2.24. The normalized spacial score (nSPS) is 14.8. The minimum atomic E-state index is 0. The Hall–Kier alpha value is -1.84. The number of hydrogen-bond donors (Lipinski definition) is 0. The third-order valence-electron chi connectivity index (χ3n) is 4.85. The van der Waals surface area contributed by atoms with Crippen molar-refractivity contribution in [3.8, 4) is 0 Å². The molecule has 1 aromatic heterocycles. The number of fused-ring (bicyclic) bond motifs is 3. The summed E-state index contributed by atoms with van der Waals surface area (Å²) in [6, 6.07) is 6.85. The molecule has 1 aromatic carbocycles. The fraction of sp³-hybridized carbons (Fsp3) is 0.409. The average molecular weight is 374 g/mol. The number of benzene rings is 1. The molecule has 0 saturated heterocycles. The van der Waals surface area contributed by atoms with Gasteiger partial charge in [0, 0.05) is 55.9 Å². The van der Waals surface area contributed by atoms with Crippen molar-refractivity contribution in [3.05, 3.63) is 59.3 Å². The lowest BCUT2D eigenvalue weighted by atomic mass is 10.0. The number of aliphatic imine (C=N–C) groups is 1. The van der Waals surface area contributed by atoms with Crippen LogP contribution in [0.2, 0.25) is 0 Å². The summed E-state index contributed by atoms with van der Waals surface area (Å²) in [6.45, 7) is 9.17. The van der Waals surface area contributed by atoms with Crippen molar-refractivity contribution in [1.29, 1.82) is 0 Å². The maximum absolute atomic E-state index is 4.17. The summed E-state index contributed by atoms with van der Waals surface area (Å²) >= 11 is 0. The lowest BCUT2D eigenvalue weighted by Crippen LogP contribution is -2.27. The van der Waals surface area contributed by atoms with Crippen LogP contribution in [0, 0.1) is 6.92 Å². The van der Waals surface area contributed by atoms with Crippen LogP contribution in [0.15, 0.2) is 47.5 Å². The Morgan fingerprint density at radius 1 is 1.35 bits per heavy atom. The summed E-state index contributed by atoms with van der Waals surface area (Å²) in [7, 11) is 4.03. The molecule has 0 N–H and O–H groups in total. The van der Waals surface area contributed by atoms with Crippen molar-refractivity contribution in [2.45, 2.75) is 40.3 Å². The standard InChI is InChI=1S/C21H27N3.CH4.ClH/c1-5-6-17(14-22-3)9-12-24-20-8-7-16(2)13-18(20)19-15-23(4)11-10-21(19)24;;/h5-8,13-14H,1,9-12,15H2,2-4H3;1H4;1H/b17-6-,22-14?;;. The van der Waals surface area contributed by atoms with Gasteiger partial charge in [-0.25, -0.2) is 0 Å². The highest BCUT2D eigenvalue weighted by Crippen LogP contribution is 2.31. The first-order chi connectivity index (χ1) is 11.6. The summed E-state index contributed by atoms with van der Waals surface area (Å²) in [5, 5.41) is 1.43. The predicted molar refractivity (Wildman–Crippen MR) is 118 cm³/mol. The van der Waals surface area contributed by atoms with Gasteiger partial charge in [-0.15, -0.1) is 12.4 Å². The van der Waals surface area contributed by atoms with Crippen LogP contribution in [0.5, 0.6) is 0 Å². The molecule has 2 aromatic rings. The highest BCUT2D eigenvalue weighted by atomic mass is 35.5. The summed E-state index contributed by atoms with van der Waals surface area (Å²) in [5.74, 6) is 0. The third kappa shape index (κ3) is 4.46. The molecule has 0 saturated carbocycles. The number of likely N-dealkylation sites (N-methyl/N-ethyl adjacent to an activating group) is 1. The van der Waals surface area contributed by atoms with E-state index in [1.54, 1.807) is 0 Å². The average Bonchev–Trinajstić information content (AvgIpc) is 2.85. The maximum atomic E-state index is 4.17. The van der Waals surface area contributed by atoms with E-state index < -0.39 is 0 Å². The molecule has 3 nitrogen and oxygen atoms in total. The molecule has 0 radical (unpaired) electrons. The van der Waals surface area contributed by atoms with E-state index >= 15 is 0 Å². The van der Waals surface area contributed by atoms with Gasteiger partial charge in [0.2, 0.25) is 0 Å². The van der Waals surface area contributed by atoms with Gasteiger partial charge in [-0.3, -0.25) is 4.99 Å². The zero-order valence-corrected chi connectivity index (χ0v) is 16.3. The number of aryl methyl sites for hydroxylation is 2. The topological polar surface area (TPSA) is 20.5 Å². The van der Waals surface area contributed by atoms with Crippen LogP contribution in [0.1, 0.15) is 30.7 Å². The van der Waals surface area contributed by atoms with Crippen molar-refractivity contribution in [2.75, 3.05) is 20.6 Å². The first-order valence-corrected chi connectivity index (χ1v) is 8.67. The zero-order valence-electron chi connectivity index (χ0n) is 15.5. The van der Waals surface area contributed by atoms with Crippen molar-refractivity contribution in [2.24, 2.45) is 4.99 Å². The summed E-state index contributed by atoms with van der Waals surface area (Å²) in [4.78, 5) is 6.59. The number of aromatic nitrogens is 1. The zero-order chi connectivity index (χ0) is 17.1. The van der Waals surface area contributed by atoms with Gasteiger partial charge in [0.05, 0.1) is 0 Å². The molecule has 0 atom stereocenters. The highest BCUT2D eigenvalue weighted by molar-refractivity contribution is 5.86. The molecule has 2 heterocycles. The second-order valence-electron chi connectivity index (χ2n) is 6.70. The number of allylic oxidation sites excluding steroid dienone is 3. The Morgan fingerprint density at radius 2 is 2.12 bits per heavy atom. The van der Waals surface area contributed by atoms with Gasteiger partial charge in [-0.2, -0.15) is 0 Å². The largest absolute Gasteiger partial charge is 0.344 e. The molecular weight excluding hydrogens is 342 g/mol. The monoisotopic (exact) mass is 373 g/mol. The molecule has 0 bridgehead atoms. The van der Waals surface area contributed by atoms with E-state index in [0.717, 1.165) is 32.5 Å². The molecule has 3 rings (SSSR count). The molecule has 0 spiro atoms. The van der Waals surface area contributed by atoms with Gasteiger partial charge in [-0.05, 0) is 43.7 Å². The van der Waals surface area contributed by atoms with Crippen LogP contribution < -0.4 is 0 Å². The summed E-state index contributed by atoms with van der Waals surface area (Å²) in [6.07, 6.45) is 7.95. The first-order valence-electron chi connectivity index (χ1n) is 8.67. The Labute approximate surface area is 164 Å². The van der Waals surface area contributed by atoms with Gasteiger partial charge >= 0.3 is 0 Å². The minimum Gasteiger partial charge on any atom is -0.344 e. The molecule has 0 unspecified atom stereocenters. The predicted octanol–water partition coefficient (Wildman–Crippen LogP) is 5.20. The highest BCUT2D eigenvalue weighted by Gasteiger charge is 2.22. The van der Waals surface area contributed by atoms with Gasteiger partial charge in [-0.1, -0.05) is 37.8 Å².